The molecule has 1 amide bonds. The molecule has 5 nitrogen and oxygen atoms in total. The van der Waals surface area contributed by atoms with Crippen molar-refractivity contribution in [1.82, 2.24) is 5.32 Å². The van der Waals surface area contributed by atoms with E-state index in [1.54, 1.807) is 12.2 Å². The lowest BCUT2D eigenvalue weighted by molar-refractivity contribution is -0.121. The zero-order valence-electron chi connectivity index (χ0n) is 17.6. The number of unbranched alkanes of at least 4 members (excludes halogenated alkanes) is 3. The molecule has 0 aromatic rings. The Balaban J connectivity index is 2.40. The Morgan fingerprint density at radius 3 is 2.71 bits per heavy atom. The number of Topliss-reactive ketones (excluding diaryl/α,β-unsaturated/α-hetero) is 1. The van der Waals surface area contributed by atoms with Gasteiger partial charge in [-0.05, 0) is 32.1 Å². The van der Waals surface area contributed by atoms with E-state index in [-0.39, 0.29) is 29.9 Å². The minimum absolute atomic E-state index is 0.0514. The zero-order chi connectivity index (χ0) is 20.8. The first-order valence-electron chi connectivity index (χ1n) is 11.0. The maximum atomic E-state index is 12.2. The number of carbonyl (C=O) groups is 2. The Morgan fingerprint density at radius 1 is 1.21 bits per heavy atom. The molecule has 1 fully saturated rings. The smallest absolute Gasteiger partial charge is 0.220 e. The summed E-state index contributed by atoms with van der Waals surface area (Å²) in [6.07, 6.45) is 14.2. The van der Waals surface area contributed by atoms with Crippen LogP contribution in [0.15, 0.2) is 24.3 Å². The highest BCUT2D eigenvalue weighted by Crippen LogP contribution is 2.33. The maximum absolute atomic E-state index is 12.2. The summed E-state index contributed by atoms with van der Waals surface area (Å²) >= 11 is 0. The van der Waals surface area contributed by atoms with E-state index in [9.17, 15) is 19.8 Å². The van der Waals surface area contributed by atoms with Crippen molar-refractivity contribution < 1.29 is 19.8 Å². The molecule has 1 aliphatic rings. The molecule has 3 N–H and O–H groups in total. The number of hydrogen-bond acceptors (Lipinski definition) is 4. The summed E-state index contributed by atoms with van der Waals surface area (Å²) in [5.74, 6) is -0.304. The Bertz CT molecular complexity index is 515. The second kappa shape index (κ2) is 14.5. The predicted molar refractivity (Wildman–Crippen MR) is 113 cm³/mol. The average Bonchev–Trinajstić information content (AvgIpc) is 2.94. The molecule has 0 radical (unpaired) electrons. The van der Waals surface area contributed by atoms with E-state index in [1.807, 2.05) is 19.1 Å². The third-order valence-corrected chi connectivity index (χ3v) is 5.30. The highest BCUT2D eigenvalue weighted by atomic mass is 16.3. The summed E-state index contributed by atoms with van der Waals surface area (Å²) in [5, 5.41) is 23.1. The van der Waals surface area contributed by atoms with Crippen LogP contribution in [0, 0.1) is 11.8 Å². The van der Waals surface area contributed by atoms with E-state index in [0.717, 1.165) is 45.1 Å². The van der Waals surface area contributed by atoms with Crippen LogP contribution in [0.2, 0.25) is 0 Å². The van der Waals surface area contributed by atoms with Gasteiger partial charge in [0.25, 0.3) is 0 Å². The third kappa shape index (κ3) is 9.65. The van der Waals surface area contributed by atoms with Gasteiger partial charge in [0.2, 0.25) is 5.91 Å². The molecule has 0 aromatic carbocycles. The molecule has 0 aromatic heterocycles. The number of hydrogen-bond donors (Lipinski definition) is 3. The third-order valence-electron chi connectivity index (χ3n) is 5.30. The topological polar surface area (TPSA) is 86.6 Å². The first kappa shape index (κ1) is 24.6. The Labute approximate surface area is 170 Å². The number of allylic oxidation sites excluding steroid dienone is 3. The van der Waals surface area contributed by atoms with Crippen LogP contribution in [-0.2, 0) is 9.59 Å². The molecule has 1 aliphatic carbocycles. The van der Waals surface area contributed by atoms with Crippen molar-refractivity contribution in [2.24, 2.45) is 11.8 Å². The first-order chi connectivity index (χ1) is 13.5. The van der Waals surface area contributed by atoms with Crippen molar-refractivity contribution in [3.05, 3.63) is 24.3 Å². The van der Waals surface area contributed by atoms with Crippen LogP contribution in [0.4, 0.5) is 0 Å². The van der Waals surface area contributed by atoms with Crippen LogP contribution < -0.4 is 5.32 Å². The van der Waals surface area contributed by atoms with E-state index in [0.29, 0.717) is 19.3 Å². The fraction of sp³-hybridized carbons (Fsp3) is 0.739. The van der Waals surface area contributed by atoms with Crippen LogP contribution >= 0.6 is 0 Å². The molecule has 0 spiro atoms. The summed E-state index contributed by atoms with van der Waals surface area (Å²) in [7, 11) is 0. The minimum atomic E-state index is -0.621. The highest BCUT2D eigenvalue weighted by molar-refractivity contribution is 5.86. The van der Waals surface area contributed by atoms with E-state index in [1.165, 1.54) is 0 Å². The second-order valence-electron chi connectivity index (χ2n) is 7.82. The fourth-order valence-corrected chi connectivity index (χ4v) is 3.58. The van der Waals surface area contributed by atoms with E-state index < -0.39 is 12.2 Å². The van der Waals surface area contributed by atoms with Gasteiger partial charge in [0.15, 0.2) is 0 Å². The number of aliphatic hydroxyl groups is 2. The van der Waals surface area contributed by atoms with E-state index in [2.05, 4.69) is 12.2 Å². The van der Waals surface area contributed by atoms with Gasteiger partial charge in [-0.2, -0.15) is 0 Å². The molecular formula is C23H39NO4. The molecular weight excluding hydrogens is 354 g/mol. The fourth-order valence-electron chi connectivity index (χ4n) is 3.58. The Kier molecular flexibility index (Phi) is 12.8. The molecule has 28 heavy (non-hydrogen) atoms. The normalized spacial score (nSPS) is 23.7. The number of aliphatic hydroxyl groups excluding tert-OH is 2. The lowest BCUT2D eigenvalue weighted by Crippen LogP contribution is -2.23. The van der Waals surface area contributed by atoms with Gasteiger partial charge in [0.1, 0.15) is 5.78 Å². The zero-order valence-corrected chi connectivity index (χ0v) is 17.6. The number of amides is 1. The molecule has 0 saturated heterocycles. The van der Waals surface area contributed by atoms with Crippen molar-refractivity contribution in [2.45, 2.75) is 90.3 Å². The monoisotopic (exact) mass is 393 g/mol. The van der Waals surface area contributed by atoms with Crippen molar-refractivity contribution in [3.63, 3.8) is 0 Å². The lowest BCUT2D eigenvalue weighted by atomic mass is 9.90. The van der Waals surface area contributed by atoms with Crippen molar-refractivity contribution in [2.75, 3.05) is 6.54 Å². The molecule has 1 rings (SSSR count). The first-order valence-corrected chi connectivity index (χ1v) is 11.0. The van der Waals surface area contributed by atoms with Crippen molar-refractivity contribution >= 4 is 11.7 Å². The average molecular weight is 394 g/mol. The molecule has 160 valence electrons. The summed E-state index contributed by atoms with van der Waals surface area (Å²) in [6.45, 7) is 4.88. The Morgan fingerprint density at radius 2 is 2.00 bits per heavy atom. The SMILES string of the molecule is CCCCC[C@H](O)/C=C/[C@H]1C(=O)C[C@H](O)[C@@H]1C/C=C\CCCC(=O)NCCC. The van der Waals surface area contributed by atoms with Crippen LogP contribution in [0.5, 0.6) is 0 Å². The van der Waals surface area contributed by atoms with Crippen molar-refractivity contribution in [1.29, 1.82) is 0 Å². The van der Waals surface area contributed by atoms with E-state index in [4.69, 9.17) is 0 Å². The summed E-state index contributed by atoms with van der Waals surface area (Å²) in [5.41, 5.74) is 0. The number of nitrogens with one attached hydrogen (secondary N) is 1. The second-order valence-corrected chi connectivity index (χ2v) is 7.82. The molecule has 0 unspecified atom stereocenters. The van der Waals surface area contributed by atoms with Gasteiger partial charge < -0.3 is 15.5 Å². The van der Waals surface area contributed by atoms with Crippen molar-refractivity contribution in [3.8, 4) is 0 Å². The van der Waals surface area contributed by atoms with Crippen LogP contribution in [0.25, 0.3) is 0 Å². The summed E-state index contributed by atoms with van der Waals surface area (Å²) < 4.78 is 0. The number of ketones is 1. The molecule has 0 heterocycles. The van der Waals surface area contributed by atoms with Gasteiger partial charge in [-0.1, -0.05) is 57.4 Å². The maximum Gasteiger partial charge on any atom is 0.220 e. The molecule has 5 heteroatoms. The standard InChI is InChI=1S/C23H39NO4/c1-3-5-8-11-18(25)14-15-20-19(21(26)17-22(20)27)12-9-6-7-10-13-23(28)24-16-4-2/h6,9,14-15,18-21,25-26H,3-5,7-8,10-13,16-17H2,1-2H3,(H,24,28)/b9-6-,15-14+/t18-,19+,20+,21-/m0/s1. The predicted octanol–water partition coefficient (Wildman–Crippen LogP) is 3.69. The van der Waals surface area contributed by atoms with E-state index >= 15 is 0 Å². The molecule has 1 saturated carbocycles. The molecule has 4 atom stereocenters. The van der Waals surface area contributed by atoms with Crippen LogP contribution in [-0.4, -0.2) is 40.7 Å². The van der Waals surface area contributed by atoms with Gasteiger partial charge in [-0.15, -0.1) is 0 Å². The number of carbonyl (C=O) groups excluding carboxylic acids is 2. The van der Waals surface area contributed by atoms with Crippen LogP contribution in [0.1, 0.15) is 78.1 Å². The molecule has 0 aliphatic heterocycles. The largest absolute Gasteiger partial charge is 0.392 e. The van der Waals surface area contributed by atoms with Gasteiger partial charge >= 0.3 is 0 Å². The van der Waals surface area contributed by atoms with Gasteiger partial charge in [0.05, 0.1) is 12.2 Å². The molecule has 0 bridgehead atoms. The number of rotatable bonds is 14. The quantitative estimate of drug-likeness (QED) is 0.310. The lowest BCUT2D eigenvalue weighted by Gasteiger charge is -2.17. The van der Waals surface area contributed by atoms with Crippen LogP contribution in [0.3, 0.4) is 0 Å². The van der Waals surface area contributed by atoms with Gasteiger partial charge in [-0.25, -0.2) is 0 Å². The Hall–Kier alpha value is -1.46. The summed E-state index contributed by atoms with van der Waals surface area (Å²) in [6, 6.07) is 0. The van der Waals surface area contributed by atoms with Gasteiger partial charge in [-0.3, -0.25) is 9.59 Å². The highest BCUT2D eigenvalue weighted by Gasteiger charge is 2.39. The van der Waals surface area contributed by atoms with Gasteiger partial charge in [0, 0.05) is 31.2 Å². The summed E-state index contributed by atoms with van der Waals surface area (Å²) in [4.78, 5) is 23.7. The minimum Gasteiger partial charge on any atom is -0.392 e.